The molecule has 0 rings (SSSR count). The number of carbonyl (C=O) groups is 1. The van der Waals surface area contributed by atoms with Crippen molar-refractivity contribution in [3.63, 3.8) is 0 Å². The van der Waals surface area contributed by atoms with Crippen LogP contribution in [0.25, 0.3) is 0 Å². The molecular formula is C40H80O13. The molecule has 0 heterocycles. The van der Waals surface area contributed by atoms with Crippen molar-refractivity contribution in [3.8, 4) is 0 Å². The second-order valence-electron chi connectivity index (χ2n) is 12.9. The van der Waals surface area contributed by atoms with Crippen LogP contribution in [0.3, 0.4) is 0 Å². The molecule has 1 N–H and O–H groups in total. The van der Waals surface area contributed by atoms with Crippen molar-refractivity contribution in [1.29, 1.82) is 0 Å². The standard InChI is InChI=1S/C40H80O13/c1-2-3-4-5-6-7-8-9-10-11-12-13-14-15-16-17-18-43-19-20-44-21-22-45-23-24-46-25-26-47-27-28-48-29-30-49-31-32-50-33-34-51-35-36-52-37-38-53-39-40(41)42/h2-39H2,1H3,(H,41,42). The van der Waals surface area contributed by atoms with Crippen molar-refractivity contribution < 1.29 is 62.0 Å². The number of aliphatic carboxylic acids is 1. The van der Waals surface area contributed by atoms with E-state index in [9.17, 15) is 4.79 Å². The van der Waals surface area contributed by atoms with E-state index in [2.05, 4.69) is 6.92 Å². The van der Waals surface area contributed by atoms with Crippen LogP contribution in [0.4, 0.5) is 0 Å². The fraction of sp³-hybridized carbons (Fsp3) is 0.975. The van der Waals surface area contributed by atoms with Crippen molar-refractivity contribution in [2.45, 2.75) is 110 Å². The van der Waals surface area contributed by atoms with Gasteiger partial charge < -0.3 is 57.2 Å². The first-order valence-electron chi connectivity index (χ1n) is 20.8. The zero-order valence-corrected chi connectivity index (χ0v) is 33.7. The molecule has 0 aromatic rings. The Labute approximate surface area is 322 Å². The van der Waals surface area contributed by atoms with Gasteiger partial charge in [-0.1, -0.05) is 103 Å². The van der Waals surface area contributed by atoms with E-state index in [4.69, 9.17) is 57.2 Å². The number of hydrogen-bond donors (Lipinski definition) is 1. The van der Waals surface area contributed by atoms with Crippen LogP contribution in [0.15, 0.2) is 0 Å². The molecule has 0 saturated heterocycles. The fourth-order valence-electron chi connectivity index (χ4n) is 5.11. The van der Waals surface area contributed by atoms with Gasteiger partial charge in [0, 0.05) is 6.61 Å². The number of ether oxygens (including phenoxy) is 11. The third kappa shape index (κ3) is 51.0. The maximum Gasteiger partial charge on any atom is 0.329 e. The Kier molecular flexibility index (Phi) is 48.2. The van der Waals surface area contributed by atoms with Crippen molar-refractivity contribution >= 4 is 5.97 Å². The predicted molar refractivity (Wildman–Crippen MR) is 206 cm³/mol. The minimum absolute atomic E-state index is 0.245. The molecule has 13 nitrogen and oxygen atoms in total. The van der Waals surface area contributed by atoms with Crippen LogP contribution in [0, 0.1) is 0 Å². The topological polar surface area (TPSA) is 139 Å². The lowest BCUT2D eigenvalue weighted by Gasteiger charge is -2.09. The summed E-state index contributed by atoms with van der Waals surface area (Å²) in [6, 6.07) is 0. The van der Waals surface area contributed by atoms with E-state index in [1.807, 2.05) is 0 Å². The van der Waals surface area contributed by atoms with Crippen molar-refractivity contribution in [1.82, 2.24) is 0 Å². The van der Waals surface area contributed by atoms with E-state index in [0.29, 0.717) is 126 Å². The van der Waals surface area contributed by atoms with Crippen LogP contribution in [-0.2, 0) is 56.9 Å². The Balaban J connectivity index is 3.05. The lowest BCUT2D eigenvalue weighted by Crippen LogP contribution is -2.15. The minimum atomic E-state index is -0.992. The molecular weight excluding hydrogens is 688 g/mol. The van der Waals surface area contributed by atoms with Crippen LogP contribution < -0.4 is 0 Å². The molecule has 0 bridgehead atoms. The third-order valence-corrected chi connectivity index (χ3v) is 8.09. The zero-order valence-electron chi connectivity index (χ0n) is 33.7. The summed E-state index contributed by atoms with van der Waals surface area (Å²) in [5.41, 5.74) is 0. The first-order chi connectivity index (χ1) is 26.3. The molecule has 0 amide bonds. The molecule has 53 heavy (non-hydrogen) atoms. The molecule has 0 unspecified atom stereocenters. The van der Waals surface area contributed by atoms with E-state index in [0.717, 1.165) is 13.0 Å². The summed E-state index contributed by atoms with van der Waals surface area (Å²) in [6.45, 7) is 12.6. The van der Waals surface area contributed by atoms with Gasteiger partial charge in [0.25, 0.3) is 0 Å². The molecule has 13 heteroatoms. The van der Waals surface area contributed by atoms with Gasteiger partial charge >= 0.3 is 5.97 Å². The van der Waals surface area contributed by atoms with Gasteiger partial charge in [0.2, 0.25) is 0 Å². The lowest BCUT2D eigenvalue weighted by molar-refractivity contribution is -0.142. The monoisotopic (exact) mass is 769 g/mol. The average Bonchev–Trinajstić information content (AvgIpc) is 3.15. The smallest absolute Gasteiger partial charge is 0.329 e. The maximum atomic E-state index is 10.3. The second-order valence-corrected chi connectivity index (χ2v) is 12.9. The molecule has 0 aliphatic rings. The summed E-state index contributed by atoms with van der Waals surface area (Å²) >= 11 is 0. The average molecular weight is 769 g/mol. The number of rotatable bonds is 49. The van der Waals surface area contributed by atoms with Gasteiger partial charge in [0.15, 0.2) is 0 Å². The Morgan fingerprint density at radius 1 is 0.283 bits per heavy atom. The Hall–Kier alpha value is -0.970. The van der Waals surface area contributed by atoms with Gasteiger partial charge in [-0.2, -0.15) is 0 Å². The normalized spacial score (nSPS) is 11.6. The molecule has 0 spiro atoms. The Bertz CT molecular complexity index is 675. The largest absolute Gasteiger partial charge is 0.480 e. The highest BCUT2D eigenvalue weighted by molar-refractivity contribution is 5.67. The summed E-state index contributed by atoms with van der Waals surface area (Å²) in [5.74, 6) is -0.992. The van der Waals surface area contributed by atoms with Crippen molar-refractivity contribution in [2.75, 3.05) is 145 Å². The first-order valence-corrected chi connectivity index (χ1v) is 20.8. The van der Waals surface area contributed by atoms with Crippen LogP contribution in [-0.4, -0.2) is 156 Å². The Morgan fingerprint density at radius 3 is 0.698 bits per heavy atom. The molecule has 0 saturated carbocycles. The van der Waals surface area contributed by atoms with E-state index in [1.165, 1.54) is 96.3 Å². The highest BCUT2D eigenvalue weighted by Gasteiger charge is 1.99. The highest BCUT2D eigenvalue weighted by Crippen LogP contribution is 2.13. The van der Waals surface area contributed by atoms with Crippen LogP contribution in [0.1, 0.15) is 110 Å². The molecule has 0 aliphatic carbocycles. The number of carboxylic acid groups (broad SMARTS) is 1. The summed E-state index contributed by atoms with van der Waals surface area (Å²) in [4.78, 5) is 10.3. The van der Waals surface area contributed by atoms with Gasteiger partial charge in [-0.05, 0) is 6.42 Å². The molecule has 318 valence electrons. The van der Waals surface area contributed by atoms with Crippen molar-refractivity contribution in [3.05, 3.63) is 0 Å². The van der Waals surface area contributed by atoms with E-state index in [-0.39, 0.29) is 13.2 Å². The van der Waals surface area contributed by atoms with Gasteiger partial charge in [0.1, 0.15) is 6.61 Å². The van der Waals surface area contributed by atoms with Crippen LogP contribution >= 0.6 is 0 Å². The highest BCUT2D eigenvalue weighted by atomic mass is 16.6. The van der Waals surface area contributed by atoms with Crippen molar-refractivity contribution in [2.24, 2.45) is 0 Å². The minimum Gasteiger partial charge on any atom is -0.480 e. The van der Waals surface area contributed by atoms with Gasteiger partial charge in [-0.25, -0.2) is 4.79 Å². The summed E-state index contributed by atoms with van der Waals surface area (Å²) in [6.07, 6.45) is 22.1. The lowest BCUT2D eigenvalue weighted by atomic mass is 10.0. The van der Waals surface area contributed by atoms with Crippen LogP contribution in [0.2, 0.25) is 0 Å². The van der Waals surface area contributed by atoms with Gasteiger partial charge in [-0.3, -0.25) is 0 Å². The second kappa shape index (κ2) is 49.0. The summed E-state index contributed by atoms with van der Waals surface area (Å²) < 4.78 is 59.7. The summed E-state index contributed by atoms with van der Waals surface area (Å²) in [7, 11) is 0. The SMILES string of the molecule is CCCCCCCCCCCCCCCCCCOCCOCCOCCOCCOCCOCCOCCOCCOCCOCCOCC(=O)O. The van der Waals surface area contributed by atoms with E-state index < -0.39 is 5.97 Å². The Morgan fingerprint density at radius 2 is 0.472 bits per heavy atom. The number of carboxylic acids is 1. The van der Waals surface area contributed by atoms with E-state index >= 15 is 0 Å². The molecule has 0 aliphatic heterocycles. The van der Waals surface area contributed by atoms with E-state index in [1.54, 1.807) is 0 Å². The molecule has 0 aromatic heterocycles. The third-order valence-electron chi connectivity index (χ3n) is 8.09. The predicted octanol–water partition coefficient (Wildman–Crippen LogP) is 6.52. The van der Waals surface area contributed by atoms with Gasteiger partial charge in [0.05, 0.1) is 132 Å². The molecule has 0 atom stereocenters. The number of unbranched alkanes of at least 4 members (excludes halogenated alkanes) is 15. The first kappa shape index (κ1) is 52.0. The molecule has 0 fully saturated rings. The summed E-state index contributed by atoms with van der Waals surface area (Å²) in [5, 5.41) is 8.44. The zero-order chi connectivity index (χ0) is 38.2. The molecule has 0 radical (unpaired) electrons. The van der Waals surface area contributed by atoms with Gasteiger partial charge in [-0.15, -0.1) is 0 Å². The van der Waals surface area contributed by atoms with Crippen LogP contribution in [0.5, 0.6) is 0 Å². The molecule has 0 aromatic carbocycles. The fourth-order valence-corrected chi connectivity index (χ4v) is 5.11. The maximum absolute atomic E-state index is 10.3. The quantitative estimate of drug-likeness (QED) is 0.0674. The number of hydrogen-bond acceptors (Lipinski definition) is 12.